The van der Waals surface area contributed by atoms with E-state index in [1.54, 1.807) is 12.1 Å². The van der Waals surface area contributed by atoms with Gasteiger partial charge in [-0.2, -0.15) is 0 Å². The minimum Gasteiger partial charge on any atom is -0.313 e. The Hall–Kier alpha value is -0.410. The van der Waals surface area contributed by atoms with Gasteiger partial charge in [0.05, 0.1) is 0 Å². The largest absolute Gasteiger partial charge is 0.313 e. The highest BCUT2D eigenvalue weighted by Crippen LogP contribution is 2.39. The molecule has 0 bridgehead atoms. The zero-order valence-electron chi connectivity index (χ0n) is 8.27. The minimum absolute atomic E-state index is 0.162. The van der Waals surface area contributed by atoms with Gasteiger partial charge < -0.3 is 5.32 Å². The Labute approximate surface area is 91.8 Å². The van der Waals surface area contributed by atoms with Gasteiger partial charge in [0.2, 0.25) is 0 Å². The van der Waals surface area contributed by atoms with E-state index in [-0.39, 0.29) is 11.9 Å². The molecule has 1 aromatic rings. The van der Waals surface area contributed by atoms with Gasteiger partial charge in [-0.05, 0) is 42.6 Å². The van der Waals surface area contributed by atoms with Crippen molar-refractivity contribution in [3.63, 3.8) is 0 Å². The van der Waals surface area contributed by atoms with Crippen molar-refractivity contribution in [1.29, 1.82) is 0 Å². The van der Waals surface area contributed by atoms with Crippen LogP contribution in [0.15, 0.2) is 16.6 Å². The highest BCUT2D eigenvalue weighted by Gasteiger charge is 2.30. The fourth-order valence-corrected chi connectivity index (χ4v) is 2.91. The Morgan fingerprint density at radius 2 is 2.21 bits per heavy atom. The van der Waals surface area contributed by atoms with E-state index in [1.165, 1.54) is 5.56 Å². The molecule has 76 valence electrons. The van der Waals surface area contributed by atoms with Crippen molar-refractivity contribution in [1.82, 2.24) is 5.32 Å². The van der Waals surface area contributed by atoms with Crippen molar-refractivity contribution in [2.45, 2.75) is 19.4 Å². The molecule has 2 rings (SSSR count). The molecule has 0 spiro atoms. The summed E-state index contributed by atoms with van der Waals surface area (Å²) in [4.78, 5) is 0. The van der Waals surface area contributed by atoms with Gasteiger partial charge in [-0.15, -0.1) is 0 Å². The first-order valence-corrected chi connectivity index (χ1v) is 5.58. The Balaban J connectivity index is 2.53. The SMILES string of the molecule is CNC1c2cc(F)cc(Br)c2CC1C. The number of hydrogen-bond acceptors (Lipinski definition) is 1. The first kappa shape index (κ1) is 10.1. The molecular formula is C11H13BrFN. The van der Waals surface area contributed by atoms with Crippen LogP contribution < -0.4 is 5.32 Å². The lowest BCUT2D eigenvalue weighted by atomic mass is 10.0. The topological polar surface area (TPSA) is 12.0 Å². The maximum atomic E-state index is 13.2. The highest BCUT2D eigenvalue weighted by atomic mass is 79.9. The Bertz CT molecular complexity index is 365. The van der Waals surface area contributed by atoms with E-state index < -0.39 is 0 Å². The van der Waals surface area contributed by atoms with Crippen molar-refractivity contribution < 1.29 is 4.39 Å². The fourth-order valence-electron chi connectivity index (χ4n) is 2.30. The summed E-state index contributed by atoms with van der Waals surface area (Å²) in [7, 11) is 1.93. The fraction of sp³-hybridized carbons (Fsp3) is 0.455. The molecule has 0 saturated carbocycles. The van der Waals surface area contributed by atoms with Gasteiger partial charge >= 0.3 is 0 Å². The normalized spacial score (nSPS) is 25.1. The molecule has 0 aromatic heterocycles. The first-order chi connectivity index (χ1) is 6.63. The summed E-state index contributed by atoms with van der Waals surface area (Å²) in [6.45, 7) is 2.19. The van der Waals surface area contributed by atoms with Crippen LogP contribution in [-0.4, -0.2) is 7.05 Å². The summed E-state index contributed by atoms with van der Waals surface area (Å²) in [5, 5.41) is 3.24. The smallest absolute Gasteiger partial charge is 0.124 e. The summed E-state index contributed by atoms with van der Waals surface area (Å²) in [5.41, 5.74) is 2.35. The van der Waals surface area contributed by atoms with Crippen molar-refractivity contribution in [3.8, 4) is 0 Å². The second kappa shape index (κ2) is 3.63. The van der Waals surface area contributed by atoms with Crippen LogP contribution in [0.2, 0.25) is 0 Å². The van der Waals surface area contributed by atoms with Crippen molar-refractivity contribution >= 4 is 15.9 Å². The zero-order chi connectivity index (χ0) is 10.3. The molecule has 1 nitrogen and oxygen atoms in total. The quantitative estimate of drug-likeness (QED) is 0.816. The van der Waals surface area contributed by atoms with E-state index in [9.17, 15) is 4.39 Å². The third-order valence-electron chi connectivity index (χ3n) is 2.94. The van der Waals surface area contributed by atoms with Gasteiger partial charge in [-0.1, -0.05) is 22.9 Å². The zero-order valence-corrected chi connectivity index (χ0v) is 9.86. The van der Waals surface area contributed by atoms with Crippen LogP contribution in [0.1, 0.15) is 24.1 Å². The third-order valence-corrected chi connectivity index (χ3v) is 3.64. The summed E-state index contributed by atoms with van der Waals surface area (Å²) in [5.74, 6) is 0.373. The average Bonchev–Trinajstić information content (AvgIpc) is 2.41. The van der Waals surface area contributed by atoms with Gasteiger partial charge in [0.1, 0.15) is 5.82 Å². The highest BCUT2D eigenvalue weighted by molar-refractivity contribution is 9.10. The standard InChI is InChI=1S/C11H13BrFN/c1-6-3-8-9(11(6)14-2)4-7(13)5-10(8)12/h4-6,11,14H,3H2,1-2H3. The van der Waals surface area contributed by atoms with Gasteiger partial charge in [0.15, 0.2) is 0 Å². The molecule has 0 saturated heterocycles. The van der Waals surface area contributed by atoms with Crippen LogP contribution in [-0.2, 0) is 6.42 Å². The lowest BCUT2D eigenvalue weighted by Gasteiger charge is -2.15. The molecule has 2 unspecified atom stereocenters. The van der Waals surface area contributed by atoms with Gasteiger partial charge in [0.25, 0.3) is 0 Å². The van der Waals surface area contributed by atoms with Gasteiger partial charge in [0, 0.05) is 10.5 Å². The number of rotatable bonds is 1. The van der Waals surface area contributed by atoms with Gasteiger partial charge in [-0.25, -0.2) is 4.39 Å². The molecule has 0 heterocycles. The summed E-state index contributed by atoms with van der Waals surface area (Å²) < 4.78 is 14.1. The van der Waals surface area contributed by atoms with Crippen molar-refractivity contribution in [3.05, 3.63) is 33.5 Å². The molecule has 1 N–H and O–H groups in total. The lowest BCUT2D eigenvalue weighted by molar-refractivity contribution is 0.445. The van der Waals surface area contributed by atoms with E-state index in [4.69, 9.17) is 0 Å². The van der Waals surface area contributed by atoms with Crippen LogP contribution in [0.5, 0.6) is 0 Å². The Morgan fingerprint density at radius 3 is 2.86 bits per heavy atom. The maximum absolute atomic E-state index is 13.2. The third kappa shape index (κ3) is 1.48. The second-order valence-electron chi connectivity index (χ2n) is 3.90. The average molecular weight is 258 g/mol. The number of benzene rings is 1. The molecule has 14 heavy (non-hydrogen) atoms. The lowest BCUT2D eigenvalue weighted by Crippen LogP contribution is -2.19. The van der Waals surface area contributed by atoms with Crippen LogP contribution in [0.25, 0.3) is 0 Å². The summed E-state index contributed by atoms with van der Waals surface area (Å²) in [6, 6.07) is 3.48. The molecule has 3 heteroatoms. The second-order valence-corrected chi connectivity index (χ2v) is 4.76. The molecular weight excluding hydrogens is 245 g/mol. The van der Waals surface area contributed by atoms with E-state index >= 15 is 0 Å². The van der Waals surface area contributed by atoms with Crippen molar-refractivity contribution in [2.24, 2.45) is 5.92 Å². The summed E-state index contributed by atoms with van der Waals surface area (Å²) >= 11 is 3.41. The van der Waals surface area contributed by atoms with E-state index in [2.05, 4.69) is 28.2 Å². The number of fused-ring (bicyclic) bond motifs is 1. The molecule has 0 radical (unpaired) electrons. The van der Waals surface area contributed by atoms with Gasteiger partial charge in [-0.3, -0.25) is 0 Å². The Morgan fingerprint density at radius 1 is 1.50 bits per heavy atom. The predicted octanol–water partition coefficient (Wildman–Crippen LogP) is 3.04. The first-order valence-electron chi connectivity index (χ1n) is 4.78. The predicted molar refractivity (Wildman–Crippen MR) is 58.8 cm³/mol. The van der Waals surface area contributed by atoms with E-state index in [0.29, 0.717) is 5.92 Å². The minimum atomic E-state index is -0.162. The van der Waals surface area contributed by atoms with Crippen LogP contribution in [0.3, 0.4) is 0 Å². The Kier molecular flexibility index (Phi) is 2.62. The van der Waals surface area contributed by atoms with Crippen LogP contribution >= 0.6 is 15.9 Å². The number of halogens is 2. The van der Waals surface area contributed by atoms with E-state index in [1.807, 2.05) is 7.05 Å². The molecule has 0 fully saturated rings. The number of nitrogens with one attached hydrogen (secondary N) is 1. The van der Waals surface area contributed by atoms with Crippen molar-refractivity contribution in [2.75, 3.05) is 7.05 Å². The molecule has 0 amide bonds. The molecule has 0 aliphatic heterocycles. The monoisotopic (exact) mass is 257 g/mol. The molecule has 1 aromatic carbocycles. The van der Waals surface area contributed by atoms with Crippen LogP contribution in [0, 0.1) is 11.7 Å². The van der Waals surface area contributed by atoms with E-state index in [0.717, 1.165) is 16.5 Å². The number of hydrogen-bond donors (Lipinski definition) is 1. The maximum Gasteiger partial charge on any atom is 0.124 e. The summed E-state index contributed by atoms with van der Waals surface area (Å²) in [6.07, 6.45) is 1.02. The molecule has 2 atom stereocenters. The molecule has 1 aliphatic rings. The van der Waals surface area contributed by atoms with Crippen LogP contribution in [0.4, 0.5) is 4.39 Å². The molecule has 1 aliphatic carbocycles.